The van der Waals surface area contributed by atoms with E-state index in [2.05, 4.69) is 15.3 Å². The largest absolute Gasteiger partial charge is 0.469 e. The lowest BCUT2D eigenvalue weighted by molar-refractivity contribution is -0.158. The highest BCUT2D eigenvalue weighted by atomic mass is 16.6. The first-order valence-corrected chi connectivity index (χ1v) is 10.2. The number of rotatable bonds is 12. The summed E-state index contributed by atoms with van der Waals surface area (Å²) in [5, 5.41) is 6.14. The van der Waals surface area contributed by atoms with Crippen LogP contribution < -0.4 is 5.32 Å². The van der Waals surface area contributed by atoms with Gasteiger partial charge in [0, 0.05) is 23.8 Å². The number of ketones is 1. The Kier molecular flexibility index (Phi) is 10.7. The van der Waals surface area contributed by atoms with Crippen molar-refractivity contribution in [3.05, 3.63) is 10.4 Å². The average Bonchev–Trinajstić information content (AvgIpc) is 2.61. The molecule has 0 fully saturated rings. The Labute approximate surface area is 184 Å². The van der Waals surface area contributed by atoms with Gasteiger partial charge in [0.2, 0.25) is 5.91 Å². The summed E-state index contributed by atoms with van der Waals surface area (Å²) < 4.78 is 10.0. The maximum atomic E-state index is 12.9. The van der Waals surface area contributed by atoms with Gasteiger partial charge in [-0.25, -0.2) is 0 Å². The molecule has 10 heteroatoms. The van der Waals surface area contributed by atoms with Crippen molar-refractivity contribution in [3.63, 3.8) is 0 Å². The van der Waals surface area contributed by atoms with Crippen LogP contribution in [0.2, 0.25) is 0 Å². The van der Waals surface area contributed by atoms with Crippen LogP contribution in [0.5, 0.6) is 0 Å². The second-order valence-corrected chi connectivity index (χ2v) is 9.67. The van der Waals surface area contributed by atoms with E-state index >= 15 is 0 Å². The van der Waals surface area contributed by atoms with E-state index in [0.717, 1.165) is 0 Å². The number of nitrogens with one attached hydrogen (secondary N) is 1. The molecule has 0 aromatic rings. The molecule has 176 valence electrons. The van der Waals surface area contributed by atoms with Crippen LogP contribution in [-0.2, 0) is 28.7 Å². The van der Waals surface area contributed by atoms with Crippen molar-refractivity contribution < 1.29 is 28.7 Å². The SMILES string of the molecule is COC(=O)C(C)(C)CC(=O)C(C)(C)NC(=O)[C@H](CCCN=[N+]=[N-])CC(=O)OC(C)(C)C. The summed E-state index contributed by atoms with van der Waals surface area (Å²) in [7, 11) is 1.25. The number of amides is 1. The van der Waals surface area contributed by atoms with E-state index in [-0.39, 0.29) is 31.6 Å². The van der Waals surface area contributed by atoms with Crippen molar-refractivity contribution in [2.45, 2.75) is 85.3 Å². The molecule has 0 aromatic carbocycles. The number of hydrogen-bond donors (Lipinski definition) is 1. The molecule has 0 saturated heterocycles. The van der Waals surface area contributed by atoms with Gasteiger partial charge in [-0.15, -0.1) is 0 Å². The lowest BCUT2D eigenvalue weighted by Crippen LogP contribution is -2.53. The van der Waals surface area contributed by atoms with E-state index in [0.29, 0.717) is 6.42 Å². The van der Waals surface area contributed by atoms with E-state index in [1.54, 1.807) is 48.5 Å². The fourth-order valence-electron chi connectivity index (χ4n) is 2.81. The summed E-state index contributed by atoms with van der Waals surface area (Å²) in [5.74, 6) is -2.65. The van der Waals surface area contributed by atoms with Gasteiger partial charge in [0.15, 0.2) is 5.78 Å². The number of Topliss-reactive ketones (excluding diaryl/α,β-unsaturated/α-hetero) is 1. The van der Waals surface area contributed by atoms with Crippen molar-refractivity contribution in [2.24, 2.45) is 16.4 Å². The summed E-state index contributed by atoms with van der Waals surface area (Å²) in [6, 6.07) is 0. The minimum absolute atomic E-state index is 0.124. The van der Waals surface area contributed by atoms with Crippen molar-refractivity contribution >= 4 is 23.6 Å². The number of ether oxygens (including phenoxy) is 2. The van der Waals surface area contributed by atoms with Gasteiger partial charge in [-0.1, -0.05) is 5.11 Å². The molecule has 0 unspecified atom stereocenters. The van der Waals surface area contributed by atoms with Crippen molar-refractivity contribution in [3.8, 4) is 0 Å². The predicted octanol–water partition coefficient (Wildman–Crippen LogP) is 3.48. The first-order valence-electron chi connectivity index (χ1n) is 10.2. The zero-order valence-corrected chi connectivity index (χ0v) is 19.9. The van der Waals surface area contributed by atoms with Crippen molar-refractivity contribution in [2.75, 3.05) is 13.7 Å². The summed E-state index contributed by atoms with van der Waals surface area (Å²) in [5.41, 5.74) is 5.41. The number of methoxy groups -OCH3 is 1. The van der Waals surface area contributed by atoms with Gasteiger partial charge < -0.3 is 14.8 Å². The molecule has 0 aliphatic rings. The summed E-state index contributed by atoms with van der Waals surface area (Å²) >= 11 is 0. The second-order valence-electron chi connectivity index (χ2n) is 9.67. The van der Waals surface area contributed by atoms with Crippen LogP contribution in [0.15, 0.2) is 5.11 Å². The van der Waals surface area contributed by atoms with Crippen molar-refractivity contribution in [1.82, 2.24) is 5.32 Å². The Bertz CT molecular complexity index is 718. The Morgan fingerprint density at radius 1 is 1.06 bits per heavy atom. The van der Waals surface area contributed by atoms with Gasteiger partial charge in [-0.3, -0.25) is 19.2 Å². The lowest BCUT2D eigenvalue weighted by Gasteiger charge is -2.31. The van der Waals surface area contributed by atoms with Crippen LogP contribution in [-0.4, -0.2) is 48.4 Å². The number of carbonyl (C=O) groups excluding carboxylic acids is 4. The first kappa shape index (κ1) is 28.4. The fourth-order valence-corrected chi connectivity index (χ4v) is 2.81. The number of azide groups is 1. The van der Waals surface area contributed by atoms with E-state index in [1.165, 1.54) is 7.11 Å². The third-order valence-electron chi connectivity index (χ3n) is 4.55. The Hall–Kier alpha value is -2.61. The van der Waals surface area contributed by atoms with Gasteiger partial charge in [-0.05, 0) is 66.8 Å². The van der Waals surface area contributed by atoms with Crippen LogP contribution in [0.3, 0.4) is 0 Å². The van der Waals surface area contributed by atoms with E-state index in [4.69, 9.17) is 15.0 Å². The number of carbonyl (C=O) groups is 4. The highest BCUT2D eigenvalue weighted by Crippen LogP contribution is 2.26. The molecular weight excluding hydrogens is 404 g/mol. The summed E-state index contributed by atoms with van der Waals surface area (Å²) in [6.07, 6.45) is 0.384. The number of esters is 2. The average molecular weight is 441 g/mol. The highest BCUT2D eigenvalue weighted by Gasteiger charge is 2.39. The van der Waals surface area contributed by atoms with Crippen LogP contribution in [0.1, 0.15) is 74.1 Å². The maximum Gasteiger partial charge on any atom is 0.311 e. The third-order valence-corrected chi connectivity index (χ3v) is 4.55. The monoisotopic (exact) mass is 440 g/mol. The highest BCUT2D eigenvalue weighted by molar-refractivity contribution is 5.96. The van der Waals surface area contributed by atoms with E-state index in [9.17, 15) is 19.2 Å². The van der Waals surface area contributed by atoms with Gasteiger partial charge >= 0.3 is 11.9 Å². The lowest BCUT2D eigenvalue weighted by atomic mass is 9.81. The number of hydrogen-bond acceptors (Lipinski definition) is 7. The van der Waals surface area contributed by atoms with Crippen LogP contribution in [0.4, 0.5) is 0 Å². The number of nitrogens with zero attached hydrogens (tertiary/aromatic N) is 3. The maximum absolute atomic E-state index is 12.9. The predicted molar refractivity (Wildman–Crippen MR) is 115 cm³/mol. The molecule has 1 amide bonds. The van der Waals surface area contributed by atoms with E-state index < -0.39 is 40.3 Å². The van der Waals surface area contributed by atoms with Crippen LogP contribution >= 0.6 is 0 Å². The Morgan fingerprint density at radius 2 is 1.65 bits per heavy atom. The summed E-state index contributed by atoms with van der Waals surface area (Å²) in [6.45, 7) is 11.6. The molecule has 0 aliphatic heterocycles. The molecule has 0 heterocycles. The minimum atomic E-state index is -1.26. The first-order chi connectivity index (χ1) is 14.1. The molecule has 31 heavy (non-hydrogen) atoms. The molecule has 0 aromatic heterocycles. The van der Waals surface area contributed by atoms with Crippen LogP contribution in [0.25, 0.3) is 10.4 Å². The smallest absolute Gasteiger partial charge is 0.311 e. The molecule has 0 spiro atoms. The molecule has 10 nitrogen and oxygen atoms in total. The Morgan fingerprint density at radius 3 is 2.13 bits per heavy atom. The Balaban J connectivity index is 5.33. The van der Waals surface area contributed by atoms with Crippen LogP contribution in [0, 0.1) is 11.3 Å². The van der Waals surface area contributed by atoms with Gasteiger partial charge in [-0.2, -0.15) is 0 Å². The molecule has 1 N–H and O–H groups in total. The molecule has 0 saturated carbocycles. The standard InChI is InChI=1S/C21H36N4O6/c1-19(2,3)31-16(27)12-14(10-9-11-23-25-22)17(28)24-21(6,7)15(26)13-20(4,5)18(29)30-8/h14H,9-13H2,1-8H3,(H,24,28)/t14-/m1/s1. The topological polar surface area (TPSA) is 148 Å². The van der Waals surface area contributed by atoms with Gasteiger partial charge in [0.25, 0.3) is 0 Å². The molecule has 1 atom stereocenters. The zero-order chi connectivity index (χ0) is 24.5. The molecule has 0 radical (unpaired) electrons. The normalized spacial score (nSPS) is 12.9. The minimum Gasteiger partial charge on any atom is -0.469 e. The summed E-state index contributed by atoms with van der Waals surface area (Å²) in [4.78, 5) is 52.5. The van der Waals surface area contributed by atoms with Gasteiger partial charge in [0.05, 0.1) is 24.5 Å². The second kappa shape index (κ2) is 11.7. The molecule has 0 bridgehead atoms. The quantitative estimate of drug-likeness (QED) is 0.161. The fraction of sp³-hybridized carbons (Fsp3) is 0.810. The van der Waals surface area contributed by atoms with Gasteiger partial charge in [0.1, 0.15) is 5.60 Å². The zero-order valence-electron chi connectivity index (χ0n) is 19.9. The molecular formula is C21H36N4O6. The third kappa shape index (κ3) is 10.8. The molecule has 0 aliphatic carbocycles. The molecule has 0 rings (SSSR count). The van der Waals surface area contributed by atoms with Crippen molar-refractivity contribution in [1.29, 1.82) is 0 Å². The van der Waals surface area contributed by atoms with E-state index in [1.807, 2.05) is 0 Å².